The summed E-state index contributed by atoms with van der Waals surface area (Å²) in [5, 5.41) is 26.6. The number of hydrogen-bond acceptors (Lipinski definition) is 4. The Morgan fingerprint density at radius 2 is 0.775 bits per heavy atom. The van der Waals surface area contributed by atoms with Crippen LogP contribution in [0.5, 0.6) is 11.5 Å². The lowest BCUT2D eigenvalue weighted by Gasteiger charge is -2.11. The Labute approximate surface area is 245 Å². The number of aromatic hydroxyl groups is 2. The summed E-state index contributed by atoms with van der Waals surface area (Å²) in [4.78, 5) is 24.6. The highest BCUT2D eigenvalue weighted by atomic mass is 16.3. The Balaban J connectivity index is 2.17. The summed E-state index contributed by atoms with van der Waals surface area (Å²) in [6, 6.07) is 2.81. The molecule has 0 radical (unpaired) electrons. The third-order valence-corrected chi connectivity index (χ3v) is 7.69. The molecule has 6 nitrogen and oxygen atoms in total. The van der Waals surface area contributed by atoms with Gasteiger partial charge in [0.25, 0.3) is 0 Å². The van der Waals surface area contributed by atoms with Crippen LogP contribution in [0.4, 0.5) is 0 Å². The van der Waals surface area contributed by atoms with Gasteiger partial charge in [-0.15, -0.1) is 0 Å². The van der Waals surface area contributed by atoms with Crippen LogP contribution in [0.15, 0.2) is 12.1 Å². The number of nitrogens with one attached hydrogen (secondary N) is 2. The minimum absolute atomic E-state index is 0.00235. The van der Waals surface area contributed by atoms with Crippen molar-refractivity contribution in [1.29, 1.82) is 0 Å². The first-order chi connectivity index (χ1) is 19.5. The summed E-state index contributed by atoms with van der Waals surface area (Å²) in [5.41, 5.74) is 0.736. The highest BCUT2D eigenvalue weighted by molar-refractivity contribution is 5.81. The van der Waals surface area contributed by atoms with E-state index in [0.717, 1.165) is 25.7 Å². The molecular formula is C34H60N2O4. The summed E-state index contributed by atoms with van der Waals surface area (Å²) in [7, 11) is 0. The smallest absolute Gasteiger partial charge is 0.224 e. The molecule has 0 aliphatic heterocycles. The molecule has 0 fully saturated rings. The van der Waals surface area contributed by atoms with Crippen molar-refractivity contribution in [1.82, 2.24) is 10.6 Å². The van der Waals surface area contributed by atoms with Gasteiger partial charge in [-0.3, -0.25) is 9.59 Å². The molecule has 4 N–H and O–H groups in total. The average Bonchev–Trinajstić information content (AvgIpc) is 2.93. The maximum absolute atomic E-state index is 12.3. The SMILES string of the molecule is CCCCCCCCCCCCNC(=O)Cc1cc(O)c(CC(=O)NCCCCCCCCCCCC)cc1O. The number of phenols is 2. The van der Waals surface area contributed by atoms with E-state index in [1.54, 1.807) is 0 Å². The zero-order chi connectivity index (χ0) is 29.3. The lowest BCUT2D eigenvalue weighted by molar-refractivity contribution is -0.121. The van der Waals surface area contributed by atoms with Gasteiger partial charge in [0.15, 0.2) is 0 Å². The number of rotatable bonds is 26. The van der Waals surface area contributed by atoms with Gasteiger partial charge >= 0.3 is 0 Å². The number of carbonyl (C=O) groups is 2. The Bertz CT molecular complexity index is 731. The van der Waals surface area contributed by atoms with Gasteiger partial charge in [-0.05, 0) is 25.0 Å². The molecule has 6 heteroatoms. The second-order valence-electron chi connectivity index (χ2n) is 11.5. The van der Waals surface area contributed by atoms with Gasteiger partial charge in [0.1, 0.15) is 11.5 Å². The Morgan fingerprint density at radius 1 is 0.500 bits per heavy atom. The number of benzene rings is 1. The molecule has 0 aromatic heterocycles. The zero-order valence-corrected chi connectivity index (χ0v) is 25.8. The summed E-state index contributed by atoms with van der Waals surface area (Å²) < 4.78 is 0. The van der Waals surface area contributed by atoms with Gasteiger partial charge in [0, 0.05) is 24.2 Å². The molecule has 0 aliphatic carbocycles. The van der Waals surface area contributed by atoms with Crippen molar-refractivity contribution in [3.8, 4) is 11.5 Å². The topological polar surface area (TPSA) is 98.7 Å². The Morgan fingerprint density at radius 3 is 1.07 bits per heavy atom. The second-order valence-corrected chi connectivity index (χ2v) is 11.5. The average molecular weight is 561 g/mol. The highest BCUT2D eigenvalue weighted by Crippen LogP contribution is 2.28. The van der Waals surface area contributed by atoms with Gasteiger partial charge in [0.05, 0.1) is 12.8 Å². The van der Waals surface area contributed by atoms with Crippen LogP contribution in [0.3, 0.4) is 0 Å². The first-order valence-corrected chi connectivity index (χ1v) is 16.5. The summed E-state index contributed by atoms with van der Waals surface area (Å²) in [6.07, 6.45) is 25.0. The monoisotopic (exact) mass is 560 g/mol. The van der Waals surface area contributed by atoms with E-state index in [4.69, 9.17) is 0 Å². The van der Waals surface area contributed by atoms with Crippen molar-refractivity contribution in [2.45, 2.75) is 155 Å². The van der Waals surface area contributed by atoms with E-state index in [1.807, 2.05) is 0 Å². The summed E-state index contributed by atoms with van der Waals surface area (Å²) in [6.45, 7) is 5.73. The third-order valence-electron chi connectivity index (χ3n) is 7.69. The van der Waals surface area contributed by atoms with Crippen molar-refractivity contribution in [3.05, 3.63) is 23.3 Å². The molecule has 40 heavy (non-hydrogen) atoms. The summed E-state index contributed by atoms with van der Waals surface area (Å²) >= 11 is 0. The van der Waals surface area contributed by atoms with E-state index in [9.17, 15) is 19.8 Å². The van der Waals surface area contributed by atoms with E-state index >= 15 is 0 Å². The Hall–Kier alpha value is -2.24. The number of unbranched alkanes of at least 4 members (excludes halogenated alkanes) is 18. The van der Waals surface area contributed by atoms with Crippen molar-refractivity contribution in [3.63, 3.8) is 0 Å². The van der Waals surface area contributed by atoms with Crippen molar-refractivity contribution >= 4 is 11.8 Å². The molecule has 0 saturated carbocycles. The van der Waals surface area contributed by atoms with Crippen molar-refractivity contribution in [2.75, 3.05) is 13.1 Å². The summed E-state index contributed by atoms with van der Waals surface area (Å²) in [5.74, 6) is -0.478. The quantitative estimate of drug-likeness (QED) is 0.0677. The molecular weight excluding hydrogens is 500 g/mol. The maximum atomic E-state index is 12.3. The van der Waals surface area contributed by atoms with Gasteiger partial charge in [0.2, 0.25) is 11.8 Å². The fourth-order valence-corrected chi connectivity index (χ4v) is 5.10. The predicted octanol–water partition coefficient (Wildman–Crippen LogP) is 8.26. The molecule has 1 aromatic rings. The van der Waals surface area contributed by atoms with E-state index in [1.165, 1.54) is 115 Å². The second kappa shape index (κ2) is 24.5. The molecule has 0 aliphatic rings. The minimum atomic E-state index is -0.174. The van der Waals surface area contributed by atoms with E-state index < -0.39 is 0 Å². The van der Waals surface area contributed by atoms with E-state index in [-0.39, 0.29) is 36.2 Å². The van der Waals surface area contributed by atoms with Gasteiger partial charge in [-0.25, -0.2) is 0 Å². The van der Waals surface area contributed by atoms with E-state index in [0.29, 0.717) is 24.2 Å². The molecule has 0 saturated heterocycles. The Kier molecular flexibility index (Phi) is 22.0. The molecule has 2 amide bonds. The maximum Gasteiger partial charge on any atom is 0.224 e. The van der Waals surface area contributed by atoms with Crippen LogP contribution < -0.4 is 10.6 Å². The van der Waals surface area contributed by atoms with Crippen LogP contribution in [0.1, 0.15) is 153 Å². The lowest BCUT2D eigenvalue weighted by Crippen LogP contribution is -2.26. The van der Waals surface area contributed by atoms with Crippen LogP contribution >= 0.6 is 0 Å². The zero-order valence-electron chi connectivity index (χ0n) is 25.8. The largest absolute Gasteiger partial charge is 0.508 e. The number of phenolic OH excluding ortho intramolecular Hbond substituents is 2. The molecule has 0 bridgehead atoms. The standard InChI is InChI=1S/C34H60N2O4/c1-3-5-7-9-11-13-15-17-19-21-23-35-33(39)27-29-25-32(38)30(26-31(29)37)28-34(40)36-24-22-20-18-16-14-12-10-8-6-4-2/h25-26,37-38H,3-24,27-28H2,1-2H3,(H,35,39)(H,36,40). The van der Waals surface area contributed by atoms with E-state index in [2.05, 4.69) is 24.5 Å². The molecule has 0 atom stereocenters. The van der Waals surface area contributed by atoms with Crippen LogP contribution in [0.2, 0.25) is 0 Å². The van der Waals surface area contributed by atoms with Gasteiger partial charge in [-0.2, -0.15) is 0 Å². The molecule has 1 aromatic carbocycles. The van der Waals surface area contributed by atoms with Crippen LogP contribution in [-0.4, -0.2) is 35.1 Å². The molecule has 1 rings (SSSR count). The minimum Gasteiger partial charge on any atom is -0.508 e. The number of carbonyl (C=O) groups excluding carboxylic acids is 2. The number of hydrogen-bond donors (Lipinski definition) is 4. The molecule has 0 spiro atoms. The number of amides is 2. The predicted molar refractivity (Wildman–Crippen MR) is 167 cm³/mol. The highest BCUT2D eigenvalue weighted by Gasteiger charge is 2.14. The van der Waals surface area contributed by atoms with Crippen LogP contribution in [-0.2, 0) is 22.4 Å². The fourth-order valence-electron chi connectivity index (χ4n) is 5.10. The van der Waals surface area contributed by atoms with Gasteiger partial charge < -0.3 is 20.8 Å². The van der Waals surface area contributed by atoms with Crippen LogP contribution in [0, 0.1) is 0 Å². The molecule has 0 heterocycles. The first-order valence-electron chi connectivity index (χ1n) is 16.5. The molecule has 230 valence electrons. The van der Waals surface area contributed by atoms with Gasteiger partial charge in [-0.1, -0.05) is 129 Å². The first kappa shape index (κ1) is 35.8. The third kappa shape index (κ3) is 18.9. The van der Waals surface area contributed by atoms with Crippen LogP contribution in [0.25, 0.3) is 0 Å². The van der Waals surface area contributed by atoms with Crippen molar-refractivity contribution in [2.24, 2.45) is 0 Å². The van der Waals surface area contributed by atoms with Crippen molar-refractivity contribution < 1.29 is 19.8 Å². The molecule has 0 unspecified atom stereocenters. The lowest BCUT2D eigenvalue weighted by atomic mass is 10.0. The normalized spacial score (nSPS) is 11.1. The fraction of sp³-hybridized carbons (Fsp3) is 0.765.